The largest absolute Gasteiger partial charge is 0.0761 e. The van der Waals surface area contributed by atoms with E-state index in [1.54, 1.807) is 5.57 Å². The lowest BCUT2D eigenvalue weighted by Crippen LogP contribution is -2.40. The van der Waals surface area contributed by atoms with Gasteiger partial charge in [0.15, 0.2) is 0 Å². The Morgan fingerprint density at radius 1 is 0.375 bits per heavy atom. The summed E-state index contributed by atoms with van der Waals surface area (Å²) in [6, 6.07) is 53.4. The van der Waals surface area contributed by atoms with Crippen molar-refractivity contribution >= 4 is 27.9 Å². The second-order valence-corrected chi connectivity index (χ2v) is 20.1. The van der Waals surface area contributed by atoms with Crippen LogP contribution in [0.3, 0.4) is 0 Å². The number of hydrogen-bond acceptors (Lipinski definition) is 0. The number of benzene rings is 6. The molecule has 13 rings (SSSR count). The Kier molecular flexibility index (Phi) is 8.18. The van der Waals surface area contributed by atoms with Crippen molar-refractivity contribution < 1.29 is 0 Å². The van der Waals surface area contributed by atoms with Crippen LogP contribution in [0.2, 0.25) is 0 Å². The monoisotopic (exact) mass is 820 g/mol. The summed E-state index contributed by atoms with van der Waals surface area (Å²) in [4.78, 5) is 0. The minimum Gasteiger partial charge on any atom is -0.0761 e. The topological polar surface area (TPSA) is 0 Å². The Hall–Kier alpha value is -6.76. The number of rotatable bonds is 4. The second-order valence-electron chi connectivity index (χ2n) is 20.1. The Bertz CT molecular complexity index is 3490. The van der Waals surface area contributed by atoms with Crippen molar-refractivity contribution in [2.45, 2.75) is 51.4 Å². The predicted molar refractivity (Wildman–Crippen MR) is 267 cm³/mol. The normalized spacial score (nSPS) is 23.4. The molecule has 4 atom stereocenters. The summed E-state index contributed by atoms with van der Waals surface area (Å²) >= 11 is 0. The van der Waals surface area contributed by atoms with Gasteiger partial charge in [0.1, 0.15) is 0 Å². The fourth-order valence-electron chi connectivity index (χ4n) is 13.3. The Morgan fingerprint density at radius 3 is 1.38 bits per heavy atom. The van der Waals surface area contributed by atoms with Crippen molar-refractivity contribution in [3.8, 4) is 11.1 Å². The van der Waals surface area contributed by atoms with E-state index in [2.05, 4.69) is 222 Å². The third-order valence-electron chi connectivity index (χ3n) is 16.2. The lowest BCUT2D eigenvalue weighted by Gasteiger charge is -2.36. The van der Waals surface area contributed by atoms with Gasteiger partial charge < -0.3 is 0 Å². The molecule has 0 fully saturated rings. The molecule has 0 nitrogen and oxygen atoms in total. The maximum absolute atomic E-state index is 2.61. The van der Waals surface area contributed by atoms with Crippen LogP contribution < -0.4 is 20.9 Å². The summed E-state index contributed by atoms with van der Waals surface area (Å²) in [6.07, 6.45) is 23.7. The molecule has 0 heteroatoms. The van der Waals surface area contributed by atoms with Crippen molar-refractivity contribution in [2.24, 2.45) is 23.7 Å². The van der Waals surface area contributed by atoms with Crippen LogP contribution in [-0.2, 0) is 10.8 Å². The summed E-state index contributed by atoms with van der Waals surface area (Å²) in [5.41, 5.74) is 22.7. The molecule has 6 aromatic carbocycles. The smallest absolute Gasteiger partial charge is 0.0159 e. The molecule has 0 saturated heterocycles. The number of fused-ring (bicyclic) bond motifs is 9. The van der Waals surface area contributed by atoms with E-state index in [0.717, 1.165) is 12.8 Å². The molecule has 0 aliphatic heterocycles. The standard InChI is InChI=1S/C64H52/c1-63(2)55-29-17-16-20-43(55)44-33-30-40(36-56(44)63)61-51-25-12-14-27-53(51)62(54-28-15-13-26-52(54)61)42-32-35-46-45-34-31-41(37-57(45)64(3,4)58(46)38-42)60-49-23-10-8-21-47(49)59(39-18-6-5-7-19-39)48-22-9-11-24-50(48)60/h5-29,31-32,34-38,47,49,51,53H,30,33H2,1-4H3. The average molecular weight is 821 g/mol. The average Bonchev–Trinajstić information content (AvgIpc) is 3.70. The fraction of sp³-hybridized carbons (Fsp3) is 0.188. The molecule has 0 heterocycles. The Morgan fingerprint density at radius 2 is 0.828 bits per heavy atom. The Balaban J connectivity index is 0.957. The molecule has 0 radical (unpaired) electrons. The quantitative estimate of drug-likeness (QED) is 0.166. The van der Waals surface area contributed by atoms with Crippen molar-refractivity contribution in [1.82, 2.24) is 0 Å². The van der Waals surface area contributed by atoms with E-state index < -0.39 is 0 Å². The van der Waals surface area contributed by atoms with Gasteiger partial charge >= 0.3 is 0 Å². The van der Waals surface area contributed by atoms with Crippen molar-refractivity contribution in [3.05, 3.63) is 265 Å². The SMILES string of the molecule is CC1(C)C2=C(CCC(C3=c4ccccc4=C(c4ccc5c(c4)C(C)(C)c4cc(C6=c7ccccc7=C(c7ccccc7)C7C=CC=CC67)ccc4-5)C4C=CC=CC34)=C2)c2ccccc21. The molecule has 0 aromatic heterocycles. The van der Waals surface area contributed by atoms with Crippen LogP contribution in [0.25, 0.3) is 39.0 Å². The van der Waals surface area contributed by atoms with Gasteiger partial charge in [0.2, 0.25) is 0 Å². The van der Waals surface area contributed by atoms with Gasteiger partial charge in [0.25, 0.3) is 0 Å². The maximum atomic E-state index is 2.61. The zero-order valence-corrected chi connectivity index (χ0v) is 37.2. The summed E-state index contributed by atoms with van der Waals surface area (Å²) in [5, 5.41) is 5.48. The highest BCUT2D eigenvalue weighted by molar-refractivity contribution is 5.90. The third-order valence-corrected chi connectivity index (χ3v) is 16.2. The van der Waals surface area contributed by atoms with E-state index >= 15 is 0 Å². The molecule has 308 valence electrons. The number of allylic oxidation sites excluding steroid dienone is 12. The van der Waals surface area contributed by atoms with Gasteiger partial charge in [0.05, 0.1) is 0 Å². The van der Waals surface area contributed by atoms with Gasteiger partial charge in [-0.2, -0.15) is 0 Å². The summed E-state index contributed by atoms with van der Waals surface area (Å²) in [5.74, 6) is 1.06. The van der Waals surface area contributed by atoms with Crippen molar-refractivity contribution in [2.75, 3.05) is 0 Å². The highest BCUT2D eigenvalue weighted by atomic mass is 14.4. The molecule has 4 unspecified atom stereocenters. The van der Waals surface area contributed by atoms with Gasteiger partial charge in [-0.15, -0.1) is 0 Å². The van der Waals surface area contributed by atoms with Crippen LogP contribution >= 0.6 is 0 Å². The molecular weight excluding hydrogens is 769 g/mol. The van der Waals surface area contributed by atoms with Crippen LogP contribution in [0, 0.1) is 23.7 Å². The van der Waals surface area contributed by atoms with Crippen LogP contribution in [0.15, 0.2) is 205 Å². The fourth-order valence-corrected chi connectivity index (χ4v) is 13.3. The predicted octanol–water partition coefficient (Wildman–Crippen LogP) is 11.9. The molecule has 0 amide bonds. The molecule has 6 aromatic rings. The molecular formula is C64H52. The van der Waals surface area contributed by atoms with Crippen LogP contribution in [0.5, 0.6) is 0 Å². The molecule has 0 spiro atoms. The summed E-state index contributed by atoms with van der Waals surface area (Å²) < 4.78 is 0. The zero-order valence-electron chi connectivity index (χ0n) is 37.2. The second kappa shape index (κ2) is 13.9. The van der Waals surface area contributed by atoms with E-state index in [0.29, 0.717) is 0 Å². The first-order chi connectivity index (χ1) is 31.3. The zero-order chi connectivity index (χ0) is 42.9. The Labute approximate surface area is 377 Å². The van der Waals surface area contributed by atoms with Gasteiger partial charge in [-0.1, -0.05) is 210 Å². The molecule has 0 saturated carbocycles. The van der Waals surface area contributed by atoms with Crippen molar-refractivity contribution in [3.63, 3.8) is 0 Å². The van der Waals surface area contributed by atoms with E-state index in [4.69, 9.17) is 0 Å². The van der Waals surface area contributed by atoms with Crippen LogP contribution in [0.4, 0.5) is 0 Å². The molecule has 0 bridgehead atoms. The highest BCUT2D eigenvalue weighted by Crippen LogP contribution is 2.54. The first kappa shape index (κ1) is 37.8. The third kappa shape index (κ3) is 5.29. The number of hydrogen-bond donors (Lipinski definition) is 0. The van der Waals surface area contributed by atoms with Crippen LogP contribution in [0.1, 0.15) is 79.5 Å². The molecule has 7 aliphatic carbocycles. The van der Waals surface area contributed by atoms with E-state index in [-0.39, 0.29) is 34.5 Å². The van der Waals surface area contributed by atoms with Crippen molar-refractivity contribution in [1.29, 1.82) is 0 Å². The first-order valence-electron chi connectivity index (χ1n) is 23.6. The summed E-state index contributed by atoms with van der Waals surface area (Å²) in [7, 11) is 0. The minimum atomic E-state index is -0.174. The molecule has 0 N–H and O–H groups in total. The summed E-state index contributed by atoms with van der Waals surface area (Å²) in [6.45, 7) is 9.76. The lowest BCUT2D eigenvalue weighted by molar-refractivity contribution is 0.646. The maximum Gasteiger partial charge on any atom is 0.0159 e. The van der Waals surface area contributed by atoms with Gasteiger partial charge in [-0.05, 0) is 135 Å². The van der Waals surface area contributed by atoms with Crippen LogP contribution in [-0.4, -0.2) is 0 Å². The first-order valence-corrected chi connectivity index (χ1v) is 23.6. The lowest BCUT2D eigenvalue weighted by atomic mass is 9.67. The highest BCUT2D eigenvalue weighted by Gasteiger charge is 2.42. The van der Waals surface area contributed by atoms with Gasteiger partial charge in [-0.3, -0.25) is 0 Å². The van der Waals surface area contributed by atoms with E-state index in [1.807, 2.05) is 0 Å². The van der Waals surface area contributed by atoms with Gasteiger partial charge in [0, 0.05) is 34.5 Å². The minimum absolute atomic E-state index is 0.00231. The van der Waals surface area contributed by atoms with E-state index in [9.17, 15) is 0 Å². The molecule has 7 aliphatic rings. The van der Waals surface area contributed by atoms with Gasteiger partial charge in [-0.25, -0.2) is 0 Å². The molecule has 64 heavy (non-hydrogen) atoms. The van der Waals surface area contributed by atoms with E-state index in [1.165, 1.54) is 104 Å².